The first-order valence-electron chi connectivity index (χ1n) is 5.65. The quantitative estimate of drug-likeness (QED) is 0.832. The second-order valence-corrected chi connectivity index (χ2v) is 4.10. The predicted octanol–water partition coefficient (Wildman–Crippen LogP) is 1.38. The summed E-state index contributed by atoms with van der Waals surface area (Å²) in [6, 6.07) is 9.49. The monoisotopic (exact) mass is 236 g/mol. The Morgan fingerprint density at radius 1 is 1.47 bits per heavy atom. The zero-order valence-electron chi connectivity index (χ0n) is 9.50. The van der Waals surface area contributed by atoms with Crippen LogP contribution in [0, 0.1) is 0 Å². The zero-order chi connectivity index (χ0) is 12.1. The van der Waals surface area contributed by atoms with Crippen LogP contribution in [0.2, 0.25) is 0 Å². The Morgan fingerprint density at radius 3 is 2.88 bits per heavy atom. The fraction of sp³-hybridized carbons (Fsp3) is 0.417. The van der Waals surface area contributed by atoms with Gasteiger partial charge in [-0.25, -0.2) is 4.79 Å². The fourth-order valence-electron chi connectivity index (χ4n) is 1.79. The highest BCUT2D eigenvalue weighted by atomic mass is 16.5. The Balaban J connectivity index is 1.71. The molecule has 1 aromatic carbocycles. The molecular weight excluding hydrogens is 220 g/mol. The zero-order valence-corrected chi connectivity index (χ0v) is 9.50. The molecule has 1 aliphatic rings. The van der Waals surface area contributed by atoms with Crippen LogP contribution in [0.25, 0.3) is 0 Å². The number of nitrogens with one attached hydrogen (secondary N) is 1. The van der Waals surface area contributed by atoms with Gasteiger partial charge in [-0.1, -0.05) is 30.3 Å². The first kappa shape index (κ1) is 11.9. The van der Waals surface area contributed by atoms with E-state index in [1.54, 1.807) is 0 Å². The average molecular weight is 236 g/mol. The SMILES string of the molecule is O=C(NC1CCN(O)C1)OCc1ccccc1. The van der Waals surface area contributed by atoms with E-state index in [0.29, 0.717) is 13.1 Å². The number of benzene rings is 1. The number of amides is 1. The molecule has 0 aliphatic carbocycles. The van der Waals surface area contributed by atoms with Crippen molar-refractivity contribution in [3.8, 4) is 0 Å². The summed E-state index contributed by atoms with van der Waals surface area (Å²) < 4.78 is 5.08. The molecule has 0 radical (unpaired) electrons. The molecule has 0 aromatic heterocycles. The lowest BCUT2D eigenvalue weighted by Crippen LogP contribution is -2.36. The number of carbonyl (C=O) groups is 1. The van der Waals surface area contributed by atoms with Gasteiger partial charge in [-0.15, -0.1) is 0 Å². The van der Waals surface area contributed by atoms with E-state index in [4.69, 9.17) is 9.94 Å². The molecule has 5 heteroatoms. The maximum atomic E-state index is 11.4. The third-order valence-electron chi connectivity index (χ3n) is 2.70. The Kier molecular flexibility index (Phi) is 3.95. The number of hydrogen-bond donors (Lipinski definition) is 2. The number of carbonyl (C=O) groups excluding carboxylic acids is 1. The smallest absolute Gasteiger partial charge is 0.407 e. The third kappa shape index (κ3) is 3.72. The van der Waals surface area contributed by atoms with Crippen LogP contribution in [-0.4, -0.2) is 35.5 Å². The standard InChI is InChI=1S/C12H16N2O3/c15-12(13-11-6-7-14(16)8-11)17-9-10-4-2-1-3-5-10/h1-5,11,16H,6-9H2,(H,13,15). The van der Waals surface area contributed by atoms with E-state index in [1.807, 2.05) is 30.3 Å². The van der Waals surface area contributed by atoms with Crippen molar-refractivity contribution in [2.45, 2.75) is 19.1 Å². The van der Waals surface area contributed by atoms with Crippen molar-refractivity contribution in [1.82, 2.24) is 10.4 Å². The van der Waals surface area contributed by atoms with Crippen LogP contribution in [0.1, 0.15) is 12.0 Å². The van der Waals surface area contributed by atoms with Crippen LogP contribution >= 0.6 is 0 Å². The van der Waals surface area contributed by atoms with Crippen LogP contribution in [0.15, 0.2) is 30.3 Å². The Bertz CT molecular complexity index is 369. The third-order valence-corrected chi connectivity index (χ3v) is 2.70. The topological polar surface area (TPSA) is 61.8 Å². The van der Waals surface area contributed by atoms with Gasteiger partial charge in [0.15, 0.2) is 0 Å². The lowest BCUT2D eigenvalue weighted by molar-refractivity contribution is -0.0695. The maximum absolute atomic E-state index is 11.4. The molecule has 1 saturated heterocycles. The molecule has 1 unspecified atom stereocenters. The minimum atomic E-state index is -0.436. The molecule has 1 fully saturated rings. The van der Waals surface area contributed by atoms with Crippen molar-refractivity contribution in [2.24, 2.45) is 0 Å². The van der Waals surface area contributed by atoms with Gasteiger partial charge in [0.25, 0.3) is 0 Å². The minimum absolute atomic E-state index is 0.0247. The molecule has 0 saturated carbocycles. The molecule has 1 atom stereocenters. The molecule has 2 rings (SSSR count). The molecule has 1 heterocycles. The summed E-state index contributed by atoms with van der Waals surface area (Å²) in [7, 11) is 0. The number of alkyl carbamates (subject to hydrolysis) is 1. The van der Waals surface area contributed by atoms with Crippen LogP contribution < -0.4 is 5.32 Å². The first-order valence-corrected chi connectivity index (χ1v) is 5.65. The van der Waals surface area contributed by atoms with Gasteiger partial charge < -0.3 is 15.3 Å². The van der Waals surface area contributed by atoms with E-state index in [9.17, 15) is 4.79 Å². The molecule has 0 bridgehead atoms. The van der Waals surface area contributed by atoms with Gasteiger partial charge in [0.2, 0.25) is 0 Å². The number of ether oxygens (including phenoxy) is 1. The van der Waals surface area contributed by atoms with Gasteiger partial charge in [0.1, 0.15) is 6.61 Å². The Morgan fingerprint density at radius 2 is 2.24 bits per heavy atom. The maximum Gasteiger partial charge on any atom is 0.407 e. The molecule has 1 amide bonds. The predicted molar refractivity (Wildman–Crippen MR) is 61.5 cm³/mol. The summed E-state index contributed by atoms with van der Waals surface area (Å²) in [5.41, 5.74) is 0.956. The molecular formula is C12H16N2O3. The molecule has 0 spiro atoms. The van der Waals surface area contributed by atoms with Gasteiger partial charge in [-0.2, -0.15) is 5.06 Å². The normalized spacial score (nSPS) is 20.2. The van der Waals surface area contributed by atoms with E-state index < -0.39 is 6.09 Å². The summed E-state index contributed by atoms with van der Waals surface area (Å²) >= 11 is 0. The second-order valence-electron chi connectivity index (χ2n) is 4.10. The Hall–Kier alpha value is -1.59. The fourth-order valence-corrected chi connectivity index (χ4v) is 1.79. The molecule has 17 heavy (non-hydrogen) atoms. The molecule has 92 valence electrons. The van der Waals surface area contributed by atoms with Crippen molar-refractivity contribution in [3.63, 3.8) is 0 Å². The lowest BCUT2D eigenvalue weighted by Gasteiger charge is -2.12. The highest BCUT2D eigenvalue weighted by molar-refractivity contribution is 5.67. The van der Waals surface area contributed by atoms with E-state index in [1.165, 1.54) is 5.06 Å². The summed E-state index contributed by atoms with van der Waals surface area (Å²) in [5, 5.41) is 13.1. The van der Waals surface area contributed by atoms with Crippen LogP contribution in [-0.2, 0) is 11.3 Å². The largest absolute Gasteiger partial charge is 0.445 e. The average Bonchev–Trinajstić information content (AvgIpc) is 2.73. The van der Waals surface area contributed by atoms with Crippen molar-refractivity contribution in [3.05, 3.63) is 35.9 Å². The molecule has 5 nitrogen and oxygen atoms in total. The number of hydroxylamine groups is 2. The number of hydrogen-bond acceptors (Lipinski definition) is 4. The van der Waals surface area contributed by atoms with Crippen molar-refractivity contribution >= 4 is 6.09 Å². The number of nitrogens with zero attached hydrogens (tertiary/aromatic N) is 1. The summed E-state index contributed by atoms with van der Waals surface area (Å²) in [6.07, 6.45) is 0.311. The van der Waals surface area contributed by atoms with Crippen molar-refractivity contribution < 1.29 is 14.7 Å². The van der Waals surface area contributed by atoms with E-state index in [2.05, 4.69) is 5.32 Å². The molecule has 1 aromatic rings. The van der Waals surface area contributed by atoms with Crippen LogP contribution in [0.4, 0.5) is 4.79 Å². The van der Waals surface area contributed by atoms with Gasteiger partial charge in [0.05, 0.1) is 0 Å². The summed E-state index contributed by atoms with van der Waals surface area (Å²) in [4.78, 5) is 11.4. The highest BCUT2D eigenvalue weighted by Gasteiger charge is 2.22. The van der Waals surface area contributed by atoms with Crippen molar-refractivity contribution in [2.75, 3.05) is 13.1 Å². The second kappa shape index (κ2) is 5.65. The Labute approximate surface area is 99.9 Å². The summed E-state index contributed by atoms with van der Waals surface area (Å²) in [6.45, 7) is 1.31. The van der Waals surface area contributed by atoms with Crippen molar-refractivity contribution in [1.29, 1.82) is 0 Å². The van der Waals surface area contributed by atoms with Crippen LogP contribution in [0.3, 0.4) is 0 Å². The first-order chi connectivity index (χ1) is 8.24. The van der Waals surface area contributed by atoms with Gasteiger partial charge in [-0.05, 0) is 12.0 Å². The van der Waals surface area contributed by atoms with E-state index in [-0.39, 0.29) is 12.6 Å². The molecule has 1 aliphatic heterocycles. The molecule has 2 N–H and O–H groups in total. The van der Waals surface area contributed by atoms with Gasteiger partial charge in [0, 0.05) is 19.1 Å². The summed E-state index contributed by atoms with van der Waals surface area (Å²) in [5.74, 6) is 0. The highest BCUT2D eigenvalue weighted by Crippen LogP contribution is 2.06. The van der Waals surface area contributed by atoms with Gasteiger partial charge in [-0.3, -0.25) is 0 Å². The lowest BCUT2D eigenvalue weighted by atomic mass is 10.2. The minimum Gasteiger partial charge on any atom is -0.445 e. The number of rotatable bonds is 3. The van der Waals surface area contributed by atoms with E-state index in [0.717, 1.165) is 12.0 Å². The van der Waals surface area contributed by atoms with Gasteiger partial charge >= 0.3 is 6.09 Å². The van der Waals surface area contributed by atoms with Crippen LogP contribution in [0.5, 0.6) is 0 Å². The van der Waals surface area contributed by atoms with E-state index >= 15 is 0 Å².